The average molecular weight is 507 g/mol. The lowest BCUT2D eigenvalue weighted by atomic mass is 9.73. The smallest absolute Gasteiger partial charge is 0.321 e. The second-order valence-corrected chi connectivity index (χ2v) is 8.84. The summed E-state index contributed by atoms with van der Waals surface area (Å²) in [6, 6.07) is 0. The third-order valence-electron chi connectivity index (χ3n) is 6.24. The molecule has 1 aliphatic carbocycles. The lowest BCUT2D eigenvalue weighted by Crippen LogP contribution is -2.43. The minimum Gasteiger partial charge on any atom is -0.466 e. The fourth-order valence-corrected chi connectivity index (χ4v) is 4.35. The fraction of sp³-hybridized carbons (Fsp3) is 0.714. The van der Waals surface area contributed by atoms with Gasteiger partial charge < -0.3 is 19.3 Å². The molecule has 202 valence electrons. The van der Waals surface area contributed by atoms with Gasteiger partial charge in [0.1, 0.15) is 11.3 Å². The first-order chi connectivity index (χ1) is 17.3. The summed E-state index contributed by atoms with van der Waals surface area (Å²) in [5.41, 5.74) is -1.67. The highest BCUT2D eigenvalue weighted by atomic mass is 16.5. The van der Waals surface area contributed by atoms with Gasteiger partial charge >= 0.3 is 17.9 Å². The topological polar surface area (TPSA) is 116 Å². The molecule has 1 rings (SSSR count). The molecule has 1 saturated carbocycles. The average Bonchev–Trinajstić information content (AvgIpc) is 3.13. The summed E-state index contributed by atoms with van der Waals surface area (Å²) in [7, 11) is 0. The van der Waals surface area contributed by atoms with Gasteiger partial charge in [-0.15, -0.1) is 11.8 Å². The maximum absolute atomic E-state index is 13.6. The number of ether oxygens (including phenoxy) is 3. The third-order valence-corrected chi connectivity index (χ3v) is 6.24. The minimum atomic E-state index is -1.67. The van der Waals surface area contributed by atoms with Crippen molar-refractivity contribution >= 4 is 23.7 Å². The van der Waals surface area contributed by atoms with E-state index >= 15 is 0 Å². The van der Waals surface area contributed by atoms with Crippen LogP contribution in [0.15, 0.2) is 12.2 Å². The van der Waals surface area contributed by atoms with E-state index in [2.05, 4.69) is 18.8 Å². The van der Waals surface area contributed by atoms with Crippen molar-refractivity contribution in [3.8, 4) is 11.8 Å². The molecule has 1 aliphatic rings. The van der Waals surface area contributed by atoms with Crippen LogP contribution >= 0.6 is 0 Å². The molecule has 0 aromatic heterocycles. The van der Waals surface area contributed by atoms with Crippen molar-refractivity contribution in [2.75, 3.05) is 19.8 Å². The Balaban J connectivity index is 3.19. The summed E-state index contributed by atoms with van der Waals surface area (Å²) in [6.07, 6.45) is 7.06. The Morgan fingerprint density at radius 2 is 1.72 bits per heavy atom. The number of hydrogen-bond acceptors (Lipinski definition) is 8. The van der Waals surface area contributed by atoms with Crippen molar-refractivity contribution < 1.29 is 38.5 Å². The lowest BCUT2D eigenvalue weighted by molar-refractivity contribution is -0.162. The minimum absolute atomic E-state index is 0.0704. The lowest BCUT2D eigenvalue weighted by Gasteiger charge is -2.28. The summed E-state index contributed by atoms with van der Waals surface area (Å²) in [5.74, 6) is 1.83. The molecule has 0 saturated heterocycles. The summed E-state index contributed by atoms with van der Waals surface area (Å²) >= 11 is 0. The number of aliphatic hydroxyl groups is 1. The Hall–Kier alpha value is -2.66. The molecular weight excluding hydrogens is 464 g/mol. The van der Waals surface area contributed by atoms with Gasteiger partial charge in [0, 0.05) is 25.2 Å². The van der Waals surface area contributed by atoms with Gasteiger partial charge in [-0.25, -0.2) is 0 Å². The predicted molar refractivity (Wildman–Crippen MR) is 134 cm³/mol. The molecule has 0 aliphatic heterocycles. The zero-order valence-corrected chi connectivity index (χ0v) is 22.2. The Kier molecular flexibility index (Phi) is 14.7. The first kappa shape index (κ1) is 31.4. The van der Waals surface area contributed by atoms with Gasteiger partial charge in [0.15, 0.2) is 5.78 Å². The summed E-state index contributed by atoms with van der Waals surface area (Å²) in [6.45, 7) is 7.63. The molecular formula is C28H42O8. The quantitative estimate of drug-likeness (QED) is 0.0887. The van der Waals surface area contributed by atoms with Crippen LogP contribution in [0.2, 0.25) is 0 Å². The van der Waals surface area contributed by atoms with Crippen molar-refractivity contribution in [2.45, 2.75) is 91.6 Å². The van der Waals surface area contributed by atoms with E-state index in [0.29, 0.717) is 25.9 Å². The van der Waals surface area contributed by atoms with E-state index in [1.165, 1.54) is 0 Å². The van der Waals surface area contributed by atoms with Crippen molar-refractivity contribution in [3.05, 3.63) is 12.2 Å². The van der Waals surface area contributed by atoms with Crippen LogP contribution in [-0.4, -0.2) is 54.7 Å². The summed E-state index contributed by atoms with van der Waals surface area (Å²) in [5, 5.41) is 10.4. The van der Waals surface area contributed by atoms with Crippen molar-refractivity contribution in [1.82, 2.24) is 0 Å². The largest absolute Gasteiger partial charge is 0.466 e. The molecule has 0 radical (unpaired) electrons. The molecule has 0 amide bonds. The summed E-state index contributed by atoms with van der Waals surface area (Å²) < 4.78 is 15.3. The molecule has 0 aromatic carbocycles. The number of aliphatic hydroxyl groups excluding tert-OH is 1. The standard InChI is InChI=1S/C28H42O8/c1-5-9-12-15-22(29)18-17-21-20-23(26(32)35-7-3)25(31)28(21,27(33)36-8-4)19-14-11-10-13-16-24(30)34-6-2/h17-18,21-23,29H,5-10,12-13,15-16,19-20H2,1-4H3/t21-,22?,23-,28?/m0/s1. The Labute approximate surface area is 215 Å². The number of allylic oxidation sites excluding steroid dienone is 1. The number of Topliss-reactive ketones (excluding diaryl/α,β-unsaturated/α-hetero) is 1. The number of hydrogen-bond donors (Lipinski definition) is 1. The van der Waals surface area contributed by atoms with Gasteiger partial charge in [0.25, 0.3) is 0 Å². The maximum atomic E-state index is 13.6. The highest BCUT2D eigenvalue weighted by Crippen LogP contribution is 2.48. The van der Waals surface area contributed by atoms with E-state index in [-0.39, 0.29) is 38.4 Å². The van der Waals surface area contributed by atoms with Crippen LogP contribution in [0.3, 0.4) is 0 Å². The second kappa shape index (κ2) is 16.9. The Morgan fingerprint density at radius 1 is 1.03 bits per heavy atom. The van der Waals surface area contributed by atoms with Crippen LogP contribution in [0.5, 0.6) is 0 Å². The zero-order chi connectivity index (χ0) is 27.0. The molecule has 0 bridgehead atoms. The zero-order valence-electron chi connectivity index (χ0n) is 22.2. The van der Waals surface area contributed by atoms with Crippen LogP contribution in [0.4, 0.5) is 0 Å². The molecule has 0 spiro atoms. The van der Waals surface area contributed by atoms with Crippen molar-refractivity contribution in [2.24, 2.45) is 17.3 Å². The number of ketones is 1. The number of unbranched alkanes of at least 4 members (excludes halogenated alkanes) is 3. The van der Waals surface area contributed by atoms with Gasteiger partial charge in [0.05, 0.1) is 25.9 Å². The number of rotatable bonds is 15. The number of carbonyl (C=O) groups excluding carboxylic acids is 4. The van der Waals surface area contributed by atoms with Gasteiger partial charge in [0.2, 0.25) is 0 Å². The molecule has 2 unspecified atom stereocenters. The van der Waals surface area contributed by atoms with Gasteiger partial charge in [-0.1, -0.05) is 38.3 Å². The monoisotopic (exact) mass is 506 g/mol. The summed E-state index contributed by atoms with van der Waals surface area (Å²) in [4.78, 5) is 50.9. The van der Waals surface area contributed by atoms with Crippen LogP contribution in [-0.2, 0) is 33.4 Å². The van der Waals surface area contributed by atoms with E-state index in [4.69, 9.17) is 14.2 Å². The molecule has 36 heavy (non-hydrogen) atoms. The molecule has 8 nitrogen and oxygen atoms in total. The van der Waals surface area contributed by atoms with E-state index in [9.17, 15) is 24.3 Å². The molecule has 4 atom stereocenters. The normalized spacial score (nSPS) is 22.1. The van der Waals surface area contributed by atoms with Gasteiger partial charge in [-0.3, -0.25) is 19.2 Å². The highest BCUT2D eigenvalue weighted by Gasteiger charge is 2.61. The first-order valence-corrected chi connectivity index (χ1v) is 13.1. The first-order valence-electron chi connectivity index (χ1n) is 13.1. The maximum Gasteiger partial charge on any atom is 0.321 e. The van der Waals surface area contributed by atoms with Gasteiger partial charge in [-0.05, 0) is 40.0 Å². The van der Waals surface area contributed by atoms with E-state index in [1.807, 2.05) is 0 Å². The highest BCUT2D eigenvalue weighted by molar-refractivity contribution is 6.14. The van der Waals surface area contributed by atoms with Crippen LogP contribution in [0.25, 0.3) is 0 Å². The SMILES string of the molecule is CCCCCC(O)C=C[C@H]1C[C@H](C(=O)OCC)C(=O)C1(CC#CCCCC(=O)OCC)C(=O)OCC. The molecule has 0 heterocycles. The Bertz CT molecular complexity index is 821. The van der Waals surface area contributed by atoms with Crippen LogP contribution in [0.1, 0.15) is 85.5 Å². The Morgan fingerprint density at radius 3 is 2.36 bits per heavy atom. The van der Waals surface area contributed by atoms with Crippen LogP contribution < -0.4 is 0 Å². The van der Waals surface area contributed by atoms with Gasteiger partial charge in [-0.2, -0.15) is 0 Å². The molecule has 1 fully saturated rings. The van der Waals surface area contributed by atoms with Crippen molar-refractivity contribution in [1.29, 1.82) is 0 Å². The third kappa shape index (κ3) is 9.09. The van der Waals surface area contributed by atoms with E-state index in [1.54, 1.807) is 32.9 Å². The van der Waals surface area contributed by atoms with E-state index in [0.717, 1.165) is 19.3 Å². The second-order valence-electron chi connectivity index (χ2n) is 8.84. The van der Waals surface area contributed by atoms with Crippen LogP contribution in [0, 0.1) is 29.1 Å². The molecule has 8 heteroatoms. The fourth-order valence-electron chi connectivity index (χ4n) is 4.35. The van der Waals surface area contributed by atoms with Crippen molar-refractivity contribution in [3.63, 3.8) is 0 Å². The number of carbonyl (C=O) groups is 4. The predicted octanol–water partition coefficient (Wildman–Crippen LogP) is 3.93. The number of esters is 3. The van der Waals surface area contributed by atoms with E-state index < -0.39 is 41.1 Å². The molecule has 1 N–H and O–H groups in total. The molecule has 0 aromatic rings.